The number of carbonyl (C=O) groups is 4. The van der Waals surface area contributed by atoms with E-state index < -0.39 is 41.8 Å². The van der Waals surface area contributed by atoms with Crippen LogP contribution in [0.5, 0.6) is 0 Å². The van der Waals surface area contributed by atoms with Gasteiger partial charge in [0.1, 0.15) is 23.3 Å². The number of terminal acetylenes is 1. The zero-order valence-electron chi connectivity index (χ0n) is 32.6. The van der Waals surface area contributed by atoms with E-state index in [0.717, 1.165) is 38.5 Å². The lowest BCUT2D eigenvalue weighted by Gasteiger charge is -2.63. The molecule has 15 heteroatoms. The standard InChI is InChI=1S/C40H59N7O7S/c1-6-8-28(43-29(49)9-7-18-42-46-41)44-36(53)33-22(3)20-55-38-32(37(54)47(33)38)45-30(50)13-10-21(2)24-11-12-25-31-26(15-17-39(24,25)4)40(5)16-14-23(48)19-27(40)34(51)35(31)52/h1,21,23-28,31-32,34-35,38,48,51-52H,7-20H2,2-5H3,(H,43,49)(H,44,53)(H,45,50). The molecule has 0 radical (unpaired) electrons. The molecule has 6 rings (SSSR count). The monoisotopic (exact) mass is 781 g/mol. The summed E-state index contributed by atoms with van der Waals surface area (Å²) < 4.78 is 0. The number of β-lactam (4-membered cyclic amide) rings is 1. The molecular weight excluding hydrogens is 723 g/mol. The van der Waals surface area contributed by atoms with Gasteiger partial charge in [0.05, 0.1) is 18.3 Å². The highest BCUT2D eigenvalue weighted by Crippen LogP contribution is 2.68. The number of hydrogen-bond donors (Lipinski definition) is 6. The number of azide groups is 1. The third-order valence-corrected chi connectivity index (χ3v) is 16.1. The molecule has 0 bridgehead atoms. The zero-order valence-corrected chi connectivity index (χ0v) is 33.4. The average molecular weight is 782 g/mol. The van der Waals surface area contributed by atoms with E-state index >= 15 is 0 Å². The molecule has 0 spiro atoms. The minimum Gasteiger partial charge on any atom is -0.393 e. The first-order valence-electron chi connectivity index (χ1n) is 20.2. The fourth-order valence-electron chi connectivity index (χ4n) is 11.9. The maximum Gasteiger partial charge on any atom is 0.269 e. The summed E-state index contributed by atoms with van der Waals surface area (Å²) in [6.45, 7) is 8.81. The molecule has 6 N–H and O–H groups in total. The second-order valence-electron chi connectivity index (χ2n) is 17.7. The molecule has 5 fully saturated rings. The van der Waals surface area contributed by atoms with Crippen LogP contribution in [-0.4, -0.2) is 92.0 Å². The molecule has 1 saturated heterocycles. The van der Waals surface area contributed by atoms with Crippen LogP contribution in [0, 0.1) is 58.7 Å². The molecule has 6 aliphatic rings. The van der Waals surface area contributed by atoms with Gasteiger partial charge in [0.15, 0.2) is 0 Å². The fourth-order valence-corrected chi connectivity index (χ4v) is 13.2. The lowest BCUT2D eigenvalue weighted by atomic mass is 9.43. The van der Waals surface area contributed by atoms with Gasteiger partial charge in [-0.3, -0.25) is 24.1 Å². The topological polar surface area (TPSA) is 217 Å². The molecule has 0 aromatic carbocycles. The third-order valence-electron chi connectivity index (χ3n) is 14.7. The van der Waals surface area contributed by atoms with Gasteiger partial charge in [0.2, 0.25) is 11.8 Å². The van der Waals surface area contributed by atoms with Crippen LogP contribution in [-0.2, 0) is 19.2 Å². The molecular formula is C40H59N7O7S. The smallest absolute Gasteiger partial charge is 0.269 e. The summed E-state index contributed by atoms with van der Waals surface area (Å²) in [5, 5.41) is 44.8. The lowest BCUT2D eigenvalue weighted by Crippen LogP contribution is -2.71. The molecule has 0 aromatic heterocycles. The summed E-state index contributed by atoms with van der Waals surface area (Å²) >= 11 is 1.49. The first kappa shape index (κ1) is 41.4. The van der Waals surface area contributed by atoms with Crippen LogP contribution >= 0.6 is 11.8 Å². The first-order chi connectivity index (χ1) is 26.2. The SMILES string of the molecule is C#CCC(NC(=O)CCCN=[N+]=[N-])NC(=O)C1=C(C)CSC2C(NC(=O)CCC(C)C3CCC4C5C(O)C(O)C6CC(O)CCC6(C)C5CCC34C)C(=O)N12. The number of nitrogens with one attached hydrogen (secondary N) is 3. The summed E-state index contributed by atoms with van der Waals surface area (Å²) in [4.78, 5) is 56.9. The second-order valence-corrected chi connectivity index (χ2v) is 18.8. The molecule has 14 unspecified atom stereocenters. The Labute approximate surface area is 328 Å². The number of fused-ring (bicyclic) bond motifs is 6. The van der Waals surface area contributed by atoms with Crippen molar-refractivity contribution < 1.29 is 34.5 Å². The van der Waals surface area contributed by atoms with Gasteiger partial charge in [-0.05, 0) is 122 Å². The number of amides is 4. The number of rotatable bonds is 13. The van der Waals surface area contributed by atoms with Gasteiger partial charge < -0.3 is 31.3 Å². The van der Waals surface area contributed by atoms with Crippen LogP contribution in [0.4, 0.5) is 0 Å². The highest BCUT2D eigenvalue weighted by atomic mass is 32.2. The van der Waals surface area contributed by atoms with Crippen molar-refractivity contribution in [1.82, 2.24) is 20.9 Å². The Morgan fingerprint density at radius 3 is 2.49 bits per heavy atom. The average Bonchev–Trinajstić information content (AvgIpc) is 3.51. The molecule has 14 nitrogen and oxygen atoms in total. The van der Waals surface area contributed by atoms with Gasteiger partial charge in [0, 0.05) is 36.5 Å². The second kappa shape index (κ2) is 16.7. The highest BCUT2D eigenvalue weighted by molar-refractivity contribution is 8.00. The Balaban J connectivity index is 1.02. The number of hydrogen-bond acceptors (Lipinski definition) is 9. The van der Waals surface area contributed by atoms with Crippen molar-refractivity contribution in [1.29, 1.82) is 0 Å². The van der Waals surface area contributed by atoms with Gasteiger partial charge in [-0.25, -0.2) is 0 Å². The predicted octanol–water partition coefficient (Wildman–Crippen LogP) is 3.71. The first-order valence-corrected chi connectivity index (χ1v) is 21.2. The van der Waals surface area contributed by atoms with Gasteiger partial charge in [-0.2, -0.15) is 0 Å². The van der Waals surface area contributed by atoms with E-state index in [1.54, 1.807) is 6.92 Å². The summed E-state index contributed by atoms with van der Waals surface area (Å²) in [6.07, 6.45) is 10.2. The summed E-state index contributed by atoms with van der Waals surface area (Å²) in [5.74, 6) is 2.65. The lowest BCUT2D eigenvalue weighted by molar-refractivity contribution is -0.223. The van der Waals surface area contributed by atoms with Crippen molar-refractivity contribution >= 4 is 35.4 Å². The van der Waals surface area contributed by atoms with Crippen LogP contribution in [0.1, 0.15) is 105 Å². The maximum absolute atomic E-state index is 13.5. The van der Waals surface area contributed by atoms with Gasteiger partial charge in [-0.1, -0.05) is 25.9 Å². The zero-order chi connectivity index (χ0) is 39.8. The predicted molar refractivity (Wildman–Crippen MR) is 207 cm³/mol. The van der Waals surface area contributed by atoms with E-state index in [1.165, 1.54) is 16.7 Å². The molecule has 2 aliphatic heterocycles. The van der Waals surface area contributed by atoms with E-state index in [4.69, 9.17) is 12.0 Å². The van der Waals surface area contributed by atoms with Gasteiger partial charge in [0.25, 0.3) is 11.8 Å². The Bertz CT molecular complexity index is 1650. The minimum absolute atomic E-state index is 0.00535. The number of aliphatic hydroxyl groups excluding tert-OH is 3. The van der Waals surface area contributed by atoms with E-state index in [-0.39, 0.29) is 77.8 Å². The summed E-state index contributed by atoms with van der Waals surface area (Å²) in [7, 11) is 0. The largest absolute Gasteiger partial charge is 0.393 e. The quantitative estimate of drug-likeness (QED) is 0.0307. The van der Waals surface area contributed by atoms with Crippen LogP contribution < -0.4 is 16.0 Å². The summed E-state index contributed by atoms with van der Waals surface area (Å²) in [6, 6.07) is -0.755. The fraction of sp³-hybridized carbons (Fsp3) is 0.800. The maximum atomic E-state index is 13.5. The van der Waals surface area contributed by atoms with Crippen molar-refractivity contribution in [2.24, 2.45) is 51.5 Å². The third kappa shape index (κ3) is 7.74. The molecule has 4 saturated carbocycles. The molecule has 2 heterocycles. The molecule has 4 amide bonds. The molecule has 302 valence electrons. The Morgan fingerprint density at radius 2 is 1.76 bits per heavy atom. The Hall–Kier alpha value is -3.28. The van der Waals surface area contributed by atoms with Gasteiger partial charge >= 0.3 is 0 Å². The number of nitrogens with zero attached hydrogens (tertiary/aromatic N) is 4. The van der Waals surface area contributed by atoms with Crippen molar-refractivity contribution in [2.75, 3.05) is 12.3 Å². The number of carbonyl (C=O) groups excluding carboxylic acids is 4. The Kier molecular flexibility index (Phi) is 12.5. The molecule has 0 aromatic rings. The van der Waals surface area contributed by atoms with Crippen molar-refractivity contribution in [3.8, 4) is 12.3 Å². The minimum atomic E-state index is -0.860. The number of thioether (sulfide) groups is 1. The van der Waals surface area contributed by atoms with Crippen LogP contribution in [0.2, 0.25) is 0 Å². The van der Waals surface area contributed by atoms with Crippen molar-refractivity contribution in [2.45, 2.75) is 141 Å². The van der Waals surface area contributed by atoms with Crippen LogP contribution in [0.25, 0.3) is 10.4 Å². The molecule has 55 heavy (non-hydrogen) atoms. The van der Waals surface area contributed by atoms with Crippen molar-refractivity contribution in [3.05, 3.63) is 21.7 Å². The van der Waals surface area contributed by atoms with Crippen molar-refractivity contribution in [3.63, 3.8) is 0 Å². The highest BCUT2D eigenvalue weighted by Gasteiger charge is 2.65. The van der Waals surface area contributed by atoms with Crippen LogP contribution in [0.15, 0.2) is 16.4 Å². The van der Waals surface area contributed by atoms with E-state index in [1.807, 2.05) is 0 Å². The Morgan fingerprint density at radius 1 is 1.04 bits per heavy atom. The van der Waals surface area contributed by atoms with Crippen LogP contribution in [0.3, 0.4) is 0 Å². The summed E-state index contributed by atoms with van der Waals surface area (Å²) in [5.41, 5.74) is 9.23. The number of aliphatic hydroxyl groups is 3. The normalized spacial score (nSPS) is 38.7. The van der Waals surface area contributed by atoms with E-state index in [2.05, 4.69) is 52.7 Å². The molecule has 14 atom stereocenters. The molecule has 4 aliphatic carbocycles. The van der Waals surface area contributed by atoms with Gasteiger partial charge in [-0.15, -0.1) is 24.1 Å². The van der Waals surface area contributed by atoms with E-state index in [9.17, 15) is 34.5 Å². The van der Waals surface area contributed by atoms with E-state index in [0.29, 0.717) is 48.3 Å².